The van der Waals surface area contributed by atoms with Crippen LogP contribution < -0.4 is 0 Å². The summed E-state index contributed by atoms with van der Waals surface area (Å²) in [4.78, 5) is 13.1. The van der Waals surface area contributed by atoms with Gasteiger partial charge in [-0.3, -0.25) is 0 Å². The molecular formula is C12H18F3NO2. The van der Waals surface area contributed by atoms with E-state index >= 15 is 0 Å². The standard InChI is InChI=1S/C12H18F3NO2/c1-11(2,3)18-10(17)16-6-4-5-7-8(9(7)16)12(13,14)15/h7-9H,4-6H2,1-3H3. The normalized spacial score (nSPS) is 31.9. The molecule has 2 aliphatic rings. The molecule has 1 saturated carbocycles. The first-order valence-electron chi connectivity index (χ1n) is 6.17. The zero-order valence-corrected chi connectivity index (χ0v) is 10.8. The van der Waals surface area contributed by atoms with Gasteiger partial charge in [0.1, 0.15) is 5.60 Å². The Morgan fingerprint density at radius 3 is 2.39 bits per heavy atom. The Kier molecular flexibility index (Phi) is 3.02. The summed E-state index contributed by atoms with van der Waals surface area (Å²) >= 11 is 0. The molecule has 2 fully saturated rings. The molecular weight excluding hydrogens is 247 g/mol. The molecule has 18 heavy (non-hydrogen) atoms. The van der Waals surface area contributed by atoms with Crippen molar-refractivity contribution in [3.8, 4) is 0 Å². The highest BCUT2D eigenvalue weighted by atomic mass is 19.4. The lowest BCUT2D eigenvalue weighted by Crippen LogP contribution is -2.42. The van der Waals surface area contributed by atoms with Crippen LogP contribution in [0.1, 0.15) is 33.6 Å². The third kappa shape index (κ3) is 2.57. The van der Waals surface area contributed by atoms with E-state index in [0.717, 1.165) is 0 Å². The van der Waals surface area contributed by atoms with Crippen LogP contribution in [0.2, 0.25) is 0 Å². The molecule has 6 heteroatoms. The van der Waals surface area contributed by atoms with Crippen LogP contribution in [0, 0.1) is 11.8 Å². The molecule has 3 nitrogen and oxygen atoms in total. The van der Waals surface area contributed by atoms with Gasteiger partial charge in [0.2, 0.25) is 0 Å². The van der Waals surface area contributed by atoms with Crippen LogP contribution in [-0.2, 0) is 4.74 Å². The minimum Gasteiger partial charge on any atom is -0.444 e. The van der Waals surface area contributed by atoms with Gasteiger partial charge in [-0.05, 0) is 39.5 Å². The fourth-order valence-electron chi connectivity index (χ4n) is 2.75. The van der Waals surface area contributed by atoms with Crippen LogP contribution in [0.3, 0.4) is 0 Å². The summed E-state index contributed by atoms with van der Waals surface area (Å²) in [5.74, 6) is -1.78. The van der Waals surface area contributed by atoms with Crippen LogP contribution >= 0.6 is 0 Å². The summed E-state index contributed by atoms with van der Waals surface area (Å²) in [5, 5.41) is 0. The van der Waals surface area contributed by atoms with Crippen LogP contribution in [-0.4, -0.2) is 35.4 Å². The number of piperidine rings is 1. The molecule has 2 rings (SSSR count). The van der Waals surface area contributed by atoms with Crippen molar-refractivity contribution in [3.05, 3.63) is 0 Å². The lowest BCUT2D eigenvalue weighted by atomic mass is 10.1. The molecule has 1 aliphatic carbocycles. The van der Waals surface area contributed by atoms with Crippen molar-refractivity contribution in [2.75, 3.05) is 6.54 Å². The van der Waals surface area contributed by atoms with Gasteiger partial charge in [-0.25, -0.2) is 4.79 Å². The van der Waals surface area contributed by atoms with Crippen LogP contribution in [0.15, 0.2) is 0 Å². The van der Waals surface area contributed by atoms with Crippen molar-refractivity contribution < 1.29 is 22.7 Å². The smallest absolute Gasteiger partial charge is 0.410 e. The van der Waals surface area contributed by atoms with Crippen LogP contribution in [0.4, 0.5) is 18.0 Å². The van der Waals surface area contributed by atoms with Gasteiger partial charge in [-0.1, -0.05) is 0 Å². The first kappa shape index (κ1) is 13.5. The Morgan fingerprint density at radius 2 is 1.89 bits per heavy atom. The van der Waals surface area contributed by atoms with Crippen molar-refractivity contribution in [2.24, 2.45) is 11.8 Å². The molecule has 0 aromatic heterocycles. The van der Waals surface area contributed by atoms with Gasteiger partial charge in [0.05, 0.1) is 12.0 Å². The molecule has 0 radical (unpaired) electrons. The number of amides is 1. The van der Waals surface area contributed by atoms with Gasteiger partial charge in [0.25, 0.3) is 0 Å². The second-order valence-corrected chi connectivity index (χ2v) is 6.04. The fourth-order valence-corrected chi connectivity index (χ4v) is 2.75. The highest BCUT2D eigenvalue weighted by Gasteiger charge is 2.68. The van der Waals surface area contributed by atoms with E-state index in [2.05, 4.69) is 0 Å². The second kappa shape index (κ2) is 4.03. The van der Waals surface area contributed by atoms with E-state index in [4.69, 9.17) is 4.74 Å². The predicted octanol–water partition coefficient (Wildman–Crippen LogP) is 3.19. The summed E-state index contributed by atoms with van der Waals surface area (Å²) in [7, 11) is 0. The van der Waals surface area contributed by atoms with E-state index in [1.54, 1.807) is 20.8 Å². The van der Waals surface area contributed by atoms with Gasteiger partial charge >= 0.3 is 12.3 Å². The van der Waals surface area contributed by atoms with E-state index in [-0.39, 0.29) is 0 Å². The van der Waals surface area contributed by atoms with Gasteiger partial charge in [0.15, 0.2) is 0 Å². The third-order valence-corrected chi connectivity index (χ3v) is 3.43. The SMILES string of the molecule is CC(C)(C)OC(=O)N1CCCC2C1C2C(F)(F)F. The lowest BCUT2D eigenvalue weighted by Gasteiger charge is -2.30. The van der Waals surface area contributed by atoms with Crippen molar-refractivity contribution in [1.82, 2.24) is 4.90 Å². The van der Waals surface area contributed by atoms with Crippen molar-refractivity contribution in [2.45, 2.75) is 51.4 Å². The van der Waals surface area contributed by atoms with E-state index in [1.165, 1.54) is 4.90 Å². The largest absolute Gasteiger partial charge is 0.444 e. The summed E-state index contributed by atoms with van der Waals surface area (Å²) in [5.41, 5.74) is -0.674. The Balaban J connectivity index is 2.04. The minimum absolute atomic E-state index is 0.364. The lowest BCUT2D eigenvalue weighted by molar-refractivity contribution is -0.153. The molecule has 0 N–H and O–H groups in total. The molecule has 0 aromatic rings. The zero-order chi connectivity index (χ0) is 13.7. The number of hydrogen-bond acceptors (Lipinski definition) is 2. The summed E-state index contributed by atoms with van der Waals surface area (Å²) in [6.07, 6.45) is -3.66. The highest BCUT2D eigenvalue weighted by Crippen LogP contribution is 2.57. The zero-order valence-electron chi connectivity index (χ0n) is 10.8. The number of likely N-dealkylation sites (tertiary alicyclic amines) is 1. The van der Waals surface area contributed by atoms with Gasteiger partial charge in [-0.15, -0.1) is 0 Å². The first-order chi connectivity index (χ1) is 8.11. The molecule has 104 valence electrons. The minimum atomic E-state index is -4.21. The van der Waals surface area contributed by atoms with E-state index in [0.29, 0.717) is 19.4 Å². The quantitative estimate of drug-likeness (QED) is 0.673. The highest BCUT2D eigenvalue weighted by molar-refractivity contribution is 5.69. The summed E-state index contributed by atoms with van der Waals surface area (Å²) in [6.45, 7) is 5.49. The third-order valence-electron chi connectivity index (χ3n) is 3.43. The number of fused-ring (bicyclic) bond motifs is 1. The maximum Gasteiger partial charge on any atom is 0.410 e. The predicted molar refractivity (Wildman–Crippen MR) is 59.0 cm³/mol. The molecule has 0 spiro atoms. The number of ether oxygens (including phenoxy) is 1. The van der Waals surface area contributed by atoms with Gasteiger partial charge < -0.3 is 9.64 Å². The molecule has 3 atom stereocenters. The monoisotopic (exact) mass is 265 g/mol. The Hall–Kier alpha value is -0.940. The molecule has 3 unspecified atom stereocenters. The fraction of sp³-hybridized carbons (Fsp3) is 0.917. The second-order valence-electron chi connectivity index (χ2n) is 6.04. The van der Waals surface area contributed by atoms with E-state index < -0.39 is 35.7 Å². The number of halogens is 3. The van der Waals surface area contributed by atoms with Crippen LogP contribution in [0.25, 0.3) is 0 Å². The Morgan fingerprint density at radius 1 is 1.28 bits per heavy atom. The molecule has 1 amide bonds. The van der Waals surface area contributed by atoms with E-state index in [1.807, 2.05) is 0 Å². The van der Waals surface area contributed by atoms with Crippen molar-refractivity contribution in [1.29, 1.82) is 0 Å². The molecule has 0 aromatic carbocycles. The number of nitrogens with zero attached hydrogens (tertiary/aromatic N) is 1. The number of carbonyl (C=O) groups is 1. The number of carbonyl (C=O) groups excluding carboxylic acids is 1. The molecule has 1 aliphatic heterocycles. The average molecular weight is 265 g/mol. The molecule has 0 bridgehead atoms. The number of hydrogen-bond donors (Lipinski definition) is 0. The maximum absolute atomic E-state index is 12.7. The Labute approximate surface area is 104 Å². The van der Waals surface area contributed by atoms with E-state index in [9.17, 15) is 18.0 Å². The Bertz CT molecular complexity index is 348. The van der Waals surface area contributed by atoms with Crippen molar-refractivity contribution >= 4 is 6.09 Å². The summed E-state index contributed by atoms with van der Waals surface area (Å²) in [6, 6.07) is -0.700. The average Bonchev–Trinajstić information content (AvgIpc) is 2.86. The van der Waals surface area contributed by atoms with Gasteiger partial charge in [0, 0.05) is 6.54 Å². The molecule has 1 saturated heterocycles. The summed E-state index contributed by atoms with van der Waals surface area (Å²) < 4.78 is 43.4. The number of alkyl halides is 3. The van der Waals surface area contributed by atoms with Crippen molar-refractivity contribution in [3.63, 3.8) is 0 Å². The van der Waals surface area contributed by atoms with Crippen LogP contribution in [0.5, 0.6) is 0 Å². The number of rotatable bonds is 0. The molecule has 1 heterocycles. The van der Waals surface area contributed by atoms with Gasteiger partial charge in [-0.2, -0.15) is 13.2 Å². The topological polar surface area (TPSA) is 29.5 Å². The maximum atomic E-state index is 12.7. The first-order valence-corrected chi connectivity index (χ1v) is 6.17.